The molecule has 26 heavy (non-hydrogen) atoms. The number of amides is 1. The van der Waals surface area contributed by atoms with E-state index >= 15 is 0 Å². The number of rotatable bonds is 5. The zero-order valence-corrected chi connectivity index (χ0v) is 15.1. The fourth-order valence-electron chi connectivity index (χ4n) is 2.92. The van der Waals surface area contributed by atoms with Crippen molar-refractivity contribution in [3.63, 3.8) is 0 Å². The number of nitrogens with one attached hydrogen (secondary N) is 2. The minimum absolute atomic E-state index is 0.0277. The van der Waals surface area contributed by atoms with Crippen LogP contribution in [0.1, 0.15) is 45.7 Å². The van der Waals surface area contributed by atoms with Crippen LogP contribution in [0.5, 0.6) is 0 Å². The van der Waals surface area contributed by atoms with Crippen LogP contribution in [0.3, 0.4) is 0 Å². The van der Waals surface area contributed by atoms with Crippen LogP contribution in [0.2, 0.25) is 0 Å². The van der Waals surface area contributed by atoms with E-state index in [9.17, 15) is 9.59 Å². The number of carbonyl (C=O) groups is 1. The van der Waals surface area contributed by atoms with E-state index in [4.69, 9.17) is 0 Å². The normalized spacial score (nSPS) is 12.0. The lowest BCUT2D eigenvalue weighted by molar-refractivity contribution is 0.0950. The van der Waals surface area contributed by atoms with E-state index in [1.807, 2.05) is 57.2 Å². The molecular formula is C20H22N4O2. The Hall–Kier alpha value is -3.15. The second-order valence-electron chi connectivity index (χ2n) is 6.42. The van der Waals surface area contributed by atoms with E-state index in [1.54, 1.807) is 17.1 Å². The highest BCUT2D eigenvalue weighted by Crippen LogP contribution is 2.17. The summed E-state index contributed by atoms with van der Waals surface area (Å²) in [6.45, 7) is 5.90. The zero-order valence-electron chi connectivity index (χ0n) is 15.1. The number of benzene rings is 1. The number of carbonyl (C=O) groups excluding carboxylic acids is 1. The van der Waals surface area contributed by atoms with Gasteiger partial charge in [0.15, 0.2) is 0 Å². The van der Waals surface area contributed by atoms with Gasteiger partial charge in [-0.25, -0.2) is 0 Å². The molecule has 0 aliphatic heterocycles. The monoisotopic (exact) mass is 350 g/mol. The first kappa shape index (κ1) is 17.7. The Labute approximate surface area is 151 Å². The summed E-state index contributed by atoms with van der Waals surface area (Å²) < 4.78 is 1.76. The number of pyridine rings is 1. The second-order valence-corrected chi connectivity index (χ2v) is 6.42. The van der Waals surface area contributed by atoms with E-state index in [2.05, 4.69) is 15.4 Å². The molecule has 0 bridgehead atoms. The zero-order chi connectivity index (χ0) is 18.7. The molecule has 134 valence electrons. The van der Waals surface area contributed by atoms with Crippen molar-refractivity contribution in [2.45, 2.75) is 33.4 Å². The van der Waals surface area contributed by atoms with Gasteiger partial charge in [0.05, 0.1) is 17.8 Å². The van der Waals surface area contributed by atoms with Gasteiger partial charge in [-0.15, -0.1) is 0 Å². The summed E-state index contributed by atoms with van der Waals surface area (Å²) in [6, 6.07) is 11.9. The Morgan fingerprint density at radius 2 is 2.00 bits per heavy atom. The average Bonchev–Trinajstić information content (AvgIpc) is 3.11. The Kier molecular flexibility index (Phi) is 5.02. The van der Waals surface area contributed by atoms with Crippen molar-refractivity contribution in [3.05, 3.63) is 87.1 Å². The van der Waals surface area contributed by atoms with Crippen molar-refractivity contribution in [2.24, 2.45) is 0 Å². The third-order valence-corrected chi connectivity index (χ3v) is 4.46. The van der Waals surface area contributed by atoms with Crippen LogP contribution in [-0.4, -0.2) is 20.7 Å². The van der Waals surface area contributed by atoms with Crippen LogP contribution in [0, 0.1) is 13.8 Å². The minimum Gasteiger partial charge on any atom is -0.348 e. The topological polar surface area (TPSA) is 79.8 Å². The van der Waals surface area contributed by atoms with Crippen molar-refractivity contribution in [1.82, 2.24) is 20.1 Å². The van der Waals surface area contributed by atoms with Gasteiger partial charge in [0, 0.05) is 24.0 Å². The first-order valence-corrected chi connectivity index (χ1v) is 8.52. The molecule has 2 N–H and O–H groups in total. The quantitative estimate of drug-likeness (QED) is 0.742. The van der Waals surface area contributed by atoms with Crippen molar-refractivity contribution in [1.29, 1.82) is 0 Å². The summed E-state index contributed by atoms with van der Waals surface area (Å²) in [7, 11) is 0. The summed E-state index contributed by atoms with van der Waals surface area (Å²) in [5.41, 5.74) is 3.64. The highest BCUT2D eigenvalue weighted by atomic mass is 16.2. The Morgan fingerprint density at radius 3 is 2.69 bits per heavy atom. The lowest BCUT2D eigenvalue weighted by atomic mass is 10.1. The van der Waals surface area contributed by atoms with Gasteiger partial charge >= 0.3 is 0 Å². The maximum absolute atomic E-state index is 12.4. The molecule has 2 heterocycles. The molecule has 2 aromatic heterocycles. The molecule has 0 aliphatic carbocycles. The van der Waals surface area contributed by atoms with Gasteiger partial charge in [-0.3, -0.25) is 14.3 Å². The molecule has 1 amide bonds. The summed E-state index contributed by atoms with van der Waals surface area (Å²) in [5.74, 6) is -0.254. The van der Waals surface area contributed by atoms with Gasteiger partial charge < -0.3 is 10.3 Å². The van der Waals surface area contributed by atoms with Crippen LogP contribution in [0.4, 0.5) is 0 Å². The highest BCUT2D eigenvalue weighted by molar-refractivity contribution is 5.93. The molecule has 6 heteroatoms. The molecule has 1 atom stereocenters. The highest BCUT2D eigenvalue weighted by Gasteiger charge is 2.14. The summed E-state index contributed by atoms with van der Waals surface area (Å²) >= 11 is 0. The summed E-state index contributed by atoms with van der Waals surface area (Å²) in [5, 5.41) is 7.10. The van der Waals surface area contributed by atoms with E-state index in [0.717, 1.165) is 16.8 Å². The SMILES string of the molecule is Cc1cc(C)c(CNC(=O)c2cnn(C(C)c3ccccc3)c2)c(=O)[nH]1. The maximum atomic E-state index is 12.4. The van der Waals surface area contributed by atoms with Crippen molar-refractivity contribution >= 4 is 5.91 Å². The molecule has 0 saturated heterocycles. The van der Waals surface area contributed by atoms with Crippen molar-refractivity contribution < 1.29 is 4.79 Å². The van der Waals surface area contributed by atoms with Crippen molar-refractivity contribution in [3.8, 4) is 0 Å². The number of hydrogen-bond donors (Lipinski definition) is 2. The molecule has 3 rings (SSSR count). The molecule has 0 fully saturated rings. The smallest absolute Gasteiger partial charge is 0.254 e. The predicted octanol–water partition coefficient (Wildman–Crippen LogP) is 2.73. The molecule has 6 nitrogen and oxygen atoms in total. The molecule has 0 radical (unpaired) electrons. The molecule has 0 saturated carbocycles. The maximum Gasteiger partial charge on any atom is 0.254 e. The first-order chi connectivity index (χ1) is 12.5. The standard InChI is InChI=1S/C20H22N4O2/c1-13-9-14(2)23-20(26)18(13)11-21-19(25)17-10-22-24(12-17)15(3)16-7-5-4-6-8-16/h4-10,12,15H,11H2,1-3H3,(H,21,25)(H,23,26). The number of nitrogens with zero attached hydrogens (tertiary/aromatic N) is 2. The molecule has 1 unspecified atom stereocenters. The summed E-state index contributed by atoms with van der Waals surface area (Å²) in [6.07, 6.45) is 3.26. The number of aromatic nitrogens is 3. The van der Waals surface area contributed by atoms with E-state index in [0.29, 0.717) is 11.1 Å². The van der Waals surface area contributed by atoms with Crippen molar-refractivity contribution in [2.75, 3.05) is 0 Å². The number of aromatic amines is 1. The van der Waals surface area contributed by atoms with Gasteiger partial charge in [0.1, 0.15) is 0 Å². The summed E-state index contributed by atoms with van der Waals surface area (Å²) in [4.78, 5) is 27.2. The lowest BCUT2D eigenvalue weighted by Gasteiger charge is -2.12. The molecule has 0 aliphatic rings. The van der Waals surface area contributed by atoms with Gasteiger partial charge in [-0.1, -0.05) is 30.3 Å². The van der Waals surface area contributed by atoms with Crippen LogP contribution < -0.4 is 10.9 Å². The van der Waals surface area contributed by atoms with Gasteiger partial charge in [0.25, 0.3) is 11.5 Å². The first-order valence-electron chi connectivity index (χ1n) is 8.52. The van der Waals surface area contributed by atoms with E-state index < -0.39 is 0 Å². The van der Waals surface area contributed by atoms with E-state index in [1.165, 1.54) is 0 Å². The molecule has 1 aromatic carbocycles. The second kappa shape index (κ2) is 7.39. The molecule has 0 spiro atoms. The fourth-order valence-corrected chi connectivity index (χ4v) is 2.92. The third kappa shape index (κ3) is 3.74. The third-order valence-electron chi connectivity index (χ3n) is 4.46. The average molecular weight is 350 g/mol. The lowest BCUT2D eigenvalue weighted by Crippen LogP contribution is -2.27. The van der Waals surface area contributed by atoms with Crippen LogP contribution >= 0.6 is 0 Å². The Bertz CT molecular complexity index is 973. The van der Waals surface area contributed by atoms with E-state index in [-0.39, 0.29) is 24.1 Å². The predicted molar refractivity (Wildman–Crippen MR) is 100 cm³/mol. The molecular weight excluding hydrogens is 328 g/mol. The Morgan fingerprint density at radius 1 is 1.27 bits per heavy atom. The van der Waals surface area contributed by atoms with Crippen LogP contribution in [0.15, 0.2) is 53.6 Å². The van der Waals surface area contributed by atoms with Crippen LogP contribution in [0.25, 0.3) is 0 Å². The van der Waals surface area contributed by atoms with Gasteiger partial charge in [-0.2, -0.15) is 5.10 Å². The number of H-pyrrole nitrogens is 1. The Balaban J connectivity index is 1.70. The minimum atomic E-state index is -0.254. The molecule has 3 aromatic rings. The number of aryl methyl sites for hydroxylation is 2. The van der Waals surface area contributed by atoms with Crippen LogP contribution in [-0.2, 0) is 6.54 Å². The largest absolute Gasteiger partial charge is 0.348 e. The number of hydrogen-bond acceptors (Lipinski definition) is 3. The van der Waals surface area contributed by atoms with Gasteiger partial charge in [-0.05, 0) is 38.0 Å². The fraction of sp³-hybridized carbons (Fsp3) is 0.250. The van der Waals surface area contributed by atoms with Gasteiger partial charge in [0.2, 0.25) is 0 Å².